The zero-order valence-corrected chi connectivity index (χ0v) is 12.0. The first-order valence-corrected chi connectivity index (χ1v) is 7.21. The van der Waals surface area contributed by atoms with E-state index in [1.54, 1.807) is 0 Å². The Morgan fingerprint density at radius 1 is 1.22 bits per heavy atom. The molecule has 0 fully saturated rings. The maximum Gasteiger partial charge on any atom is 0.254 e. The Morgan fingerprint density at radius 3 is 2.56 bits per heavy atom. The fraction of sp³-hybridized carbons (Fsp3) is 0.533. The van der Waals surface area contributed by atoms with Crippen LogP contribution in [0.2, 0.25) is 0 Å². The molecule has 18 heavy (non-hydrogen) atoms. The Morgan fingerprint density at radius 2 is 1.94 bits per heavy atom. The molecule has 0 saturated carbocycles. The molecule has 0 radical (unpaired) electrons. The van der Waals surface area contributed by atoms with Crippen molar-refractivity contribution < 1.29 is 4.79 Å². The molecule has 0 aromatic heterocycles. The molecule has 0 bridgehead atoms. The molecule has 0 aliphatic rings. The second kappa shape index (κ2) is 8.15. The number of nitrogens with zero attached hydrogens (tertiary/aromatic N) is 1. The summed E-state index contributed by atoms with van der Waals surface area (Å²) >= 11 is 5.79. The number of aryl methyl sites for hydroxylation is 1. The number of carbonyl (C=O) groups is 1. The molecule has 0 N–H and O–H groups in total. The summed E-state index contributed by atoms with van der Waals surface area (Å²) in [6.45, 7) is 5.62. The van der Waals surface area contributed by atoms with Crippen LogP contribution in [0.1, 0.15) is 42.6 Å². The van der Waals surface area contributed by atoms with Crippen LogP contribution in [0.3, 0.4) is 0 Å². The molecule has 3 heteroatoms. The van der Waals surface area contributed by atoms with Gasteiger partial charge in [-0.3, -0.25) is 4.79 Å². The first kappa shape index (κ1) is 15.0. The standard InChI is InChI=1S/C15H22ClNO/c1-3-5-11-17(12-10-16)15(18)14-9-7-6-8-13(14)4-2/h6-9H,3-5,10-12H2,1-2H3. The third-order valence-corrected chi connectivity index (χ3v) is 3.22. The number of unbranched alkanes of at least 4 members (excludes halogenated alkanes) is 1. The molecular weight excluding hydrogens is 246 g/mol. The minimum Gasteiger partial charge on any atom is -0.337 e. The predicted octanol–water partition coefficient (Wildman–Crippen LogP) is 3.73. The third-order valence-electron chi connectivity index (χ3n) is 3.05. The molecule has 0 saturated heterocycles. The van der Waals surface area contributed by atoms with Gasteiger partial charge in [-0.25, -0.2) is 0 Å². The van der Waals surface area contributed by atoms with Gasteiger partial charge in [0, 0.05) is 24.5 Å². The normalized spacial score (nSPS) is 10.4. The van der Waals surface area contributed by atoms with E-state index in [1.165, 1.54) is 0 Å². The molecule has 1 aromatic rings. The average molecular weight is 268 g/mol. The molecule has 1 amide bonds. The average Bonchev–Trinajstić information content (AvgIpc) is 2.42. The first-order valence-electron chi connectivity index (χ1n) is 6.67. The van der Waals surface area contributed by atoms with E-state index in [-0.39, 0.29) is 5.91 Å². The van der Waals surface area contributed by atoms with E-state index >= 15 is 0 Å². The molecule has 0 aliphatic carbocycles. The van der Waals surface area contributed by atoms with Crippen molar-refractivity contribution in [2.45, 2.75) is 33.1 Å². The summed E-state index contributed by atoms with van der Waals surface area (Å²) in [4.78, 5) is 14.4. The monoisotopic (exact) mass is 267 g/mol. The van der Waals surface area contributed by atoms with Crippen LogP contribution in [-0.4, -0.2) is 29.8 Å². The molecule has 100 valence electrons. The Kier molecular flexibility index (Phi) is 6.81. The zero-order valence-electron chi connectivity index (χ0n) is 11.3. The molecular formula is C15H22ClNO. The zero-order chi connectivity index (χ0) is 13.4. The molecule has 0 spiro atoms. The van der Waals surface area contributed by atoms with Gasteiger partial charge in [-0.1, -0.05) is 38.5 Å². The number of hydrogen-bond acceptors (Lipinski definition) is 1. The quantitative estimate of drug-likeness (QED) is 0.690. The lowest BCUT2D eigenvalue weighted by molar-refractivity contribution is 0.0762. The number of rotatable bonds is 7. The summed E-state index contributed by atoms with van der Waals surface area (Å²) < 4.78 is 0. The Labute approximate surface area is 115 Å². The van der Waals surface area contributed by atoms with Crippen LogP contribution in [0.5, 0.6) is 0 Å². The van der Waals surface area contributed by atoms with E-state index in [0.717, 1.165) is 36.9 Å². The van der Waals surface area contributed by atoms with Crippen molar-refractivity contribution in [1.29, 1.82) is 0 Å². The lowest BCUT2D eigenvalue weighted by Crippen LogP contribution is -2.34. The highest BCUT2D eigenvalue weighted by Crippen LogP contribution is 2.13. The van der Waals surface area contributed by atoms with Crippen LogP contribution in [0, 0.1) is 0 Å². The maximum absolute atomic E-state index is 12.5. The second-order valence-electron chi connectivity index (χ2n) is 4.35. The van der Waals surface area contributed by atoms with Crippen molar-refractivity contribution in [3.63, 3.8) is 0 Å². The van der Waals surface area contributed by atoms with Gasteiger partial charge in [0.2, 0.25) is 0 Å². The number of benzene rings is 1. The number of halogens is 1. The smallest absolute Gasteiger partial charge is 0.254 e. The summed E-state index contributed by atoms with van der Waals surface area (Å²) in [7, 11) is 0. The van der Waals surface area contributed by atoms with Crippen molar-refractivity contribution in [1.82, 2.24) is 4.90 Å². The summed E-state index contributed by atoms with van der Waals surface area (Å²) in [5.41, 5.74) is 1.93. The van der Waals surface area contributed by atoms with Crippen LogP contribution in [0.25, 0.3) is 0 Å². The summed E-state index contributed by atoms with van der Waals surface area (Å²) in [5, 5.41) is 0. The van der Waals surface area contributed by atoms with Crippen LogP contribution in [0.15, 0.2) is 24.3 Å². The lowest BCUT2D eigenvalue weighted by Gasteiger charge is -2.22. The fourth-order valence-electron chi connectivity index (χ4n) is 1.97. The van der Waals surface area contributed by atoms with Crippen molar-refractivity contribution >= 4 is 17.5 Å². The van der Waals surface area contributed by atoms with Crippen molar-refractivity contribution in [2.75, 3.05) is 19.0 Å². The molecule has 0 heterocycles. The van der Waals surface area contributed by atoms with E-state index in [0.29, 0.717) is 12.4 Å². The molecule has 0 atom stereocenters. The fourth-order valence-corrected chi connectivity index (χ4v) is 2.18. The van der Waals surface area contributed by atoms with E-state index in [1.807, 2.05) is 29.2 Å². The Balaban J connectivity index is 2.86. The Bertz CT molecular complexity index is 379. The molecule has 1 rings (SSSR count). The van der Waals surface area contributed by atoms with E-state index in [2.05, 4.69) is 13.8 Å². The van der Waals surface area contributed by atoms with Crippen molar-refractivity contribution in [3.05, 3.63) is 35.4 Å². The highest BCUT2D eigenvalue weighted by molar-refractivity contribution is 6.18. The number of hydrogen-bond donors (Lipinski definition) is 0. The molecule has 0 unspecified atom stereocenters. The van der Waals surface area contributed by atoms with Gasteiger partial charge in [-0.05, 0) is 24.5 Å². The van der Waals surface area contributed by atoms with Gasteiger partial charge in [0.25, 0.3) is 5.91 Å². The van der Waals surface area contributed by atoms with Gasteiger partial charge >= 0.3 is 0 Å². The minimum absolute atomic E-state index is 0.113. The SMILES string of the molecule is CCCCN(CCCl)C(=O)c1ccccc1CC. The highest BCUT2D eigenvalue weighted by atomic mass is 35.5. The van der Waals surface area contributed by atoms with E-state index in [9.17, 15) is 4.79 Å². The number of alkyl halides is 1. The second-order valence-corrected chi connectivity index (χ2v) is 4.72. The van der Waals surface area contributed by atoms with Crippen molar-refractivity contribution in [3.8, 4) is 0 Å². The van der Waals surface area contributed by atoms with Crippen LogP contribution >= 0.6 is 11.6 Å². The van der Waals surface area contributed by atoms with E-state index in [4.69, 9.17) is 11.6 Å². The van der Waals surface area contributed by atoms with Gasteiger partial charge < -0.3 is 4.90 Å². The molecule has 0 aliphatic heterocycles. The van der Waals surface area contributed by atoms with Gasteiger partial charge in [0.15, 0.2) is 0 Å². The predicted molar refractivity (Wildman–Crippen MR) is 77.4 cm³/mol. The number of carbonyl (C=O) groups excluding carboxylic acids is 1. The van der Waals surface area contributed by atoms with Gasteiger partial charge in [-0.2, -0.15) is 0 Å². The maximum atomic E-state index is 12.5. The lowest BCUT2D eigenvalue weighted by atomic mass is 10.0. The van der Waals surface area contributed by atoms with Gasteiger partial charge in [0.05, 0.1) is 0 Å². The third kappa shape index (κ3) is 4.02. The van der Waals surface area contributed by atoms with Crippen LogP contribution in [-0.2, 0) is 6.42 Å². The highest BCUT2D eigenvalue weighted by Gasteiger charge is 2.16. The van der Waals surface area contributed by atoms with Crippen LogP contribution in [0.4, 0.5) is 0 Å². The minimum atomic E-state index is 0.113. The van der Waals surface area contributed by atoms with Crippen LogP contribution < -0.4 is 0 Å². The van der Waals surface area contributed by atoms with Gasteiger partial charge in [-0.15, -0.1) is 11.6 Å². The summed E-state index contributed by atoms with van der Waals surface area (Å²) in [5.74, 6) is 0.602. The van der Waals surface area contributed by atoms with Gasteiger partial charge in [0.1, 0.15) is 0 Å². The molecule has 2 nitrogen and oxygen atoms in total. The largest absolute Gasteiger partial charge is 0.337 e. The summed E-state index contributed by atoms with van der Waals surface area (Å²) in [6.07, 6.45) is 2.99. The first-order chi connectivity index (χ1) is 8.74. The topological polar surface area (TPSA) is 20.3 Å². The van der Waals surface area contributed by atoms with Crippen molar-refractivity contribution in [2.24, 2.45) is 0 Å². The Hall–Kier alpha value is -1.02. The van der Waals surface area contributed by atoms with E-state index < -0.39 is 0 Å². The number of amides is 1. The molecule has 1 aromatic carbocycles. The summed E-state index contributed by atoms with van der Waals surface area (Å²) in [6, 6.07) is 7.83.